The lowest BCUT2D eigenvalue weighted by atomic mass is 10.4. The predicted molar refractivity (Wildman–Crippen MR) is 56.8 cm³/mol. The van der Waals surface area contributed by atoms with Crippen molar-refractivity contribution in [3.63, 3.8) is 0 Å². The van der Waals surface area contributed by atoms with Gasteiger partial charge in [0.25, 0.3) is 0 Å². The Balaban J connectivity index is 2.59. The Morgan fingerprint density at radius 3 is 2.87 bits per heavy atom. The molecular weight excluding hydrogens is 237 g/mol. The van der Waals surface area contributed by atoms with Gasteiger partial charge in [-0.1, -0.05) is 23.2 Å². The summed E-state index contributed by atoms with van der Waals surface area (Å²) in [5, 5.41) is 4.72. The molecule has 0 aliphatic heterocycles. The summed E-state index contributed by atoms with van der Waals surface area (Å²) in [5.74, 6) is 0.383. The minimum Gasteiger partial charge on any atom is -0.296 e. The molecule has 0 saturated carbocycles. The van der Waals surface area contributed by atoms with Crippen LogP contribution in [0.25, 0.3) is 5.82 Å². The van der Waals surface area contributed by atoms with Gasteiger partial charge in [0.05, 0.1) is 16.2 Å². The zero-order valence-electron chi connectivity index (χ0n) is 7.39. The molecule has 0 radical (unpaired) electrons. The van der Waals surface area contributed by atoms with E-state index >= 15 is 0 Å². The Kier molecular flexibility index (Phi) is 2.70. The van der Waals surface area contributed by atoms with Crippen LogP contribution in [-0.2, 0) is 0 Å². The lowest BCUT2D eigenvalue weighted by Crippen LogP contribution is -2.04. The average molecular weight is 242 g/mol. The number of pyridine rings is 1. The second kappa shape index (κ2) is 4.00. The molecule has 0 N–H and O–H groups in total. The van der Waals surface area contributed by atoms with Crippen LogP contribution in [0.2, 0.25) is 10.0 Å². The molecule has 0 bridgehead atoms. The predicted octanol–water partition coefficient (Wildman–Crippen LogP) is 2.39. The lowest BCUT2D eigenvalue weighted by Gasteiger charge is -2.04. The summed E-state index contributed by atoms with van der Waals surface area (Å²) in [7, 11) is 0. The second-order valence-corrected chi connectivity index (χ2v) is 3.59. The molecule has 0 aliphatic rings. The Bertz CT molecular complexity index is 510. The Morgan fingerprint density at radius 1 is 1.40 bits per heavy atom. The Hall–Kier alpha value is -1.39. The highest BCUT2D eigenvalue weighted by Crippen LogP contribution is 2.21. The molecule has 0 aliphatic carbocycles. The molecule has 6 heteroatoms. The summed E-state index contributed by atoms with van der Waals surface area (Å²) in [4.78, 5) is 14.7. The van der Waals surface area contributed by atoms with Crippen molar-refractivity contribution in [2.45, 2.75) is 0 Å². The molecule has 0 unspecified atom stereocenters. The molecule has 0 amide bonds. The van der Waals surface area contributed by atoms with Crippen LogP contribution in [0, 0.1) is 0 Å². The van der Waals surface area contributed by atoms with Crippen molar-refractivity contribution in [2.75, 3.05) is 0 Å². The number of hydrogen-bond acceptors (Lipinski definition) is 3. The molecular formula is C9H5Cl2N3O. The van der Waals surface area contributed by atoms with E-state index in [0.29, 0.717) is 27.8 Å². The topological polar surface area (TPSA) is 47.8 Å². The van der Waals surface area contributed by atoms with Crippen molar-refractivity contribution in [1.82, 2.24) is 14.8 Å². The van der Waals surface area contributed by atoms with Crippen LogP contribution < -0.4 is 0 Å². The minimum absolute atomic E-state index is 0.342. The molecule has 0 fully saturated rings. The van der Waals surface area contributed by atoms with Crippen LogP contribution in [0.1, 0.15) is 10.5 Å². The number of nitrogens with zero attached hydrogens (tertiary/aromatic N) is 3. The van der Waals surface area contributed by atoms with E-state index in [-0.39, 0.29) is 0 Å². The third-order valence-corrected chi connectivity index (χ3v) is 2.27. The molecule has 2 heterocycles. The average Bonchev–Trinajstić information content (AvgIpc) is 2.65. The van der Waals surface area contributed by atoms with Gasteiger partial charge in [-0.15, -0.1) is 0 Å². The number of hydrogen-bond donors (Lipinski definition) is 0. The van der Waals surface area contributed by atoms with E-state index in [1.165, 1.54) is 17.1 Å². The number of rotatable bonds is 2. The maximum atomic E-state index is 10.7. The van der Waals surface area contributed by atoms with Gasteiger partial charge in [0, 0.05) is 6.20 Å². The van der Waals surface area contributed by atoms with E-state index in [9.17, 15) is 4.79 Å². The van der Waals surface area contributed by atoms with Gasteiger partial charge in [0.1, 0.15) is 5.69 Å². The largest absolute Gasteiger partial charge is 0.296 e. The number of aromatic nitrogens is 3. The fourth-order valence-corrected chi connectivity index (χ4v) is 1.60. The van der Waals surface area contributed by atoms with E-state index in [1.54, 1.807) is 12.1 Å². The molecule has 0 atom stereocenters. The highest BCUT2D eigenvalue weighted by atomic mass is 35.5. The minimum atomic E-state index is 0.342. The number of carbonyl (C=O) groups is 1. The second-order valence-electron chi connectivity index (χ2n) is 2.74. The summed E-state index contributed by atoms with van der Waals surface area (Å²) in [6.45, 7) is 0. The Labute approximate surface area is 95.4 Å². The summed E-state index contributed by atoms with van der Waals surface area (Å²) >= 11 is 11.6. The first kappa shape index (κ1) is 10.1. The molecule has 0 aromatic carbocycles. The van der Waals surface area contributed by atoms with Crippen molar-refractivity contribution in [2.24, 2.45) is 0 Å². The van der Waals surface area contributed by atoms with Crippen LogP contribution in [0.4, 0.5) is 0 Å². The maximum Gasteiger partial charge on any atom is 0.173 e. The van der Waals surface area contributed by atoms with Crippen molar-refractivity contribution < 1.29 is 4.79 Å². The van der Waals surface area contributed by atoms with Gasteiger partial charge in [-0.3, -0.25) is 4.79 Å². The van der Waals surface area contributed by atoms with Gasteiger partial charge < -0.3 is 0 Å². The summed E-state index contributed by atoms with van der Waals surface area (Å²) in [5.41, 5.74) is 0.381. The number of carbonyl (C=O) groups excluding carboxylic acids is 1. The molecule has 4 nitrogen and oxygen atoms in total. The van der Waals surface area contributed by atoms with Gasteiger partial charge in [-0.25, -0.2) is 9.67 Å². The third-order valence-electron chi connectivity index (χ3n) is 1.78. The molecule has 0 saturated heterocycles. The van der Waals surface area contributed by atoms with E-state index < -0.39 is 0 Å². The van der Waals surface area contributed by atoms with Crippen molar-refractivity contribution in [3.05, 3.63) is 40.3 Å². The van der Waals surface area contributed by atoms with E-state index in [0.717, 1.165) is 0 Å². The van der Waals surface area contributed by atoms with Crippen LogP contribution in [-0.4, -0.2) is 21.1 Å². The fraction of sp³-hybridized carbons (Fsp3) is 0. The zero-order valence-corrected chi connectivity index (χ0v) is 8.90. The highest BCUT2D eigenvalue weighted by molar-refractivity contribution is 6.35. The van der Waals surface area contributed by atoms with E-state index in [1.807, 2.05) is 0 Å². The summed E-state index contributed by atoms with van der Waals surface area (Å²) in [6.07, 6.45) is 3.62. The number of halogens is 2. The highest BCUT2D eigenvalue weighted by Gasteiger charge is 2.09. The fourth-order valence-electron chi connectivity index (χ4n) is 1.14. The smallest absolute Gasteiger partial charge is 0.173 e. The molecule has 0 spiro atoms. The SMILES string of the molecule is O=Cc1ccnn1-c1ncc(Cl)cc1Cl. The van der Waals surface area contributed by atoms with E-state index in [2.05, 4.69) is 10.1 Å². The Morgan fingerprint density at radius 2 is 2.20 bits per heavy atom. The van der Waals surface area contributed by atoms with Crippen LogP contribution >= 0.6 is 23.2 Å². The van der Waals surface area contributed by atoms with Crippen molar-refractivity contribution in [3.8, 4) is 5.82 Å². The van der Waals surface area contributed by atoms with Crippen LogP contribution in [0.15, 0.2) is 24.5 Å². The first-order valence-corrected chi connectivity index (χ1v) is 4.78. The van der Waals surface area contributed by atoms with Crippen molar-refractivity contribution in [1.29, 1.82) is 0 Å². The van der Waals surface area contributed by atoms with Crippen LogP contribution in [0.5, 0.6) is 0 Å². The lowest BCUT2D eigenvalue weighted by molar-refractivity contribution is 0.111. The third kappa shape index (κ3) is 1.86. The molecule has 2 aromatic rings. The van der Waals surface area contributed by atoms with Gasteiger partial charge in [-0.05, 0) is 12.1 Å². The van der Waals surface area contributed by atoms with Gasteiger partial charge in [0.15, 0.2) is 12.1 Å². The maximum absolute atomic E-state index is 10.7. The standard InChI is InChI=1S/C9H5Cl2N3O/c10-6-3-8(11)9(12-4-6)14-7(5-15)1-2-13-14/h1-5H. The monoisotopic (exact) mass is 241 g/mol. The molecule has 76 valence electrons. The first-order valence-electron chi connectivity index (χ1n) is 4.03. The quantitative estimate of drug-likeness (QED) is 0.759. The molecule has 2 rings (SSSR count). The van der Waals surface area contributed by atoms with Crippen LogP contribution in [0.3, 0.4) is 0 Å². The van der Waals surface area contributed by atoms with Gasteiger partial charge in [0.2, 0.25) is 0 Å². The summed E-state index contributed by atoms with van der Waals surface area (Å²) in [6, 6.07) is 3.11. The van der Waals surface area contributed by atoms with Gasteiger partial charge in [-0.2, -0.15) is 5.10 Å². The normalized spacial score (nSPS) is 10.3. The first-order chi connectivity index (χ1) is 7.22. The van der Waals surface area contributed by atoms with Gasteiger partial charge >= 0.3 is 0 Å². The molecule has 15 heavy (non-hydrogen) atoms. The van der Waals surface area contributed by atoms with E-state index in [4.69, 9.17) is 23.2 Å². The number of aldehydes is 1. The molecule has 2 aromatic heterocycles. The van der Waals surface area contributed by atoms with Crippen molar-refractivity contribution >= 4 is 29.5 Å². The zero-order chi connectivity index (χ0) is 10.8. The summed E-state index contributed by atoms with van der Waals surface area (Å²) < 4.78 is 1.35.